The maximum absolute atomic E-state index is 13.8. The van der Waals surface area contributed by atoms with Gasteiger partial charge in [-0.1, -0.05) is 62.4 Å². The van der Waals surface area contributed by atoms with Gasteiger partial charge in [-0.15, -0.1) is 0 Å². The molecule has 0 unspecified atom stereocenters. The van der Waals surface area contributed by atoms with E-state index >= 15 is 0 Å². The Balaban J connectivity index is 1.67. The highest BCUT2D eigenvalue weighted by atomic mass is 19.1. The van der Waals surface area contributed by atoms with E-state index in [9.17, 15) is 4.39 Å². The number of hydrogen-bond acceptors (Lipinski definition) is 1. The van der Waals surface area contributed by atoms with Crippen molar-refractivity contribution in [1.29, 1.82) is 0 Å². The second-order valence-electron chi connectivity index (χ2n) is 7.88. The number of rotatable bonds is 7. The van der Waals surface area contributed by atoms with Crippen molar-refractivity contribution in [3.8, 4) is 0 Å². The average molecular weight is 357 g/mol. The summed E-state index contributed by atoms with van der Waals surface area (Å²) in [4.78, 5) is 0. The summed E-state index contributed by atoms with van der Waals surface area (Å²) in [7, 11) is 0. The molecule has 0 bridgehead atoms. The lowest BCUT2D eigenvalue weighted by atomic mass is 9.68. The fourth-order valence-corrected chi connectivity index (χ4v) is 4.11. The molecule has 2 aromatic carbocycles. The highest BCUT2D eigenvalue weighted by molar-refractivity contribution is 5.26. The van der Waals surface area contributed by atoms with Gasteiger partial charge in [0.1, 0.15) is 12.4 Å². The Morgan fingerprint density at radius 2 is 1.85 bits per heavy atom. The summed E-state index contributed by atoms with van der Waals surface area (Å²) < 4.78 is 19.9. The number of hydrogen-bond donors (Lipinski definition) is 1. The molecule has 1 fully saturated rings. The van der Waals surface area contributed by atoms with E-state index in [0.717, 1.165) is 38.0 Å². The molecule has 140 valence electrons. The molecule has 1 heterocycles. The fourth-order valence-electron chi connectivity index (χ4n) is 4.11. The highest BCUT2D eigenvalue weighted by Gasteiger charge is 2.39. The molecule has 0 aromatic heterocycles. The maximum Gasteiger partial charge on any atom is 0.132 e. The van der Waals surface area contributed by atoms with Crippen molar-refractivity contribution in [2.24, 2.45) is 5.92 Å². The first-order chi connectivity index (χ1) is 12.6. The van der Waals surface area contributed by atoms with E-state index in [2.05, 4.69) is 49.5 Å². The second-order valence-corrected chi connectivity index (χ2v) is 7.88. The highest BCUT2D eigenvalue weighted by Crippen LogP contribution is 2.41. The standard InChI is InChI=1S/C23H30FNO/c1-18(2)22-16-23(13-15-26-22,20-9-4-3-5-10-20)12-14-25-17-19-8-6-7-11-21(19)24/h3-11,18,22,25H,12-17H2,1-2H3/p+1/t22-,23-/m0/s1. The SMILES string of the molecule is CC(C)[C@@H]1C[C@@](CC[NH2+]Cc2ccccc2F)(c2ccccc2)CCO1. The summed E-state index contributed by atoms with van der Waals surface area (Å²) in [6.07, 6.45) is 3.55. The molecule has 2 N–H and O–H groups in total. The zero-order chi connectivity index (χ0) is 18.4. The molecule has 1 saturated heterocycles. The van der Waals surface area contributed by atoms with Crippen LogP contribution in [0.4, 0.5) is 4.39 Å². The van der Waals surface area contributed by atoms with Crippen molar-refractivity contribution in [3.05, 3.63) is 71.5 Å². The molecular weight excluding hydrogens is 325 g/mol. The molecule has 0 aliphatic carbocycles. The third-order valence-electron chi connectivity index (χ3n) is 5.78. The minimum absolute atomic E-state index is 0.104. The monoisotopic (exact) mass is 356 g/mol. The average Bonchev–Trinajstić information content (AvgIpc) is 2.67. The van der Waals surface area contributed by atoms with Crippen LogP contribution in [0.3, 0.4) is 0 Å². The van der Waals surface area contributed by atoms with E-state index in [1.54, 1.807) is 12.1 Å². The van der Waals surface area contributed by atoms with E-state index in [-0.39, 0.29) is 11.2 Å². The Labute approximate surface area is 156 Å². The molecule has 3 heteroatoms. The third kappa shape index (κ3) is 4.52. The minimum atomic E-state index is -0.104. The number of ether oxygens (including phenoxy) is 1. The predicted molar refractivity (Wildman–Crippen MR) is 103 cm³/mol. The lowest BCUT2D eigenvalue weighted by Crippen LogP contribution is -2.83. The molecule has 0 radical (unpaired) electrons. The Morgan fingerprint density at radius 3 is 2.58 bits per heavy atom. The van der Waals surface area contributed by atoms with Gasteiger partial charge in [0.25, 0.3) is 0 Å². The third-order valence-corrected chi connectivity index (χ3v) is 5.78. The molecule has 0 spiro atoms. The minimum Gasteiger partial charge on any atom is -0.378 e. The molecule has 0 amide bonds. The van der Waals surface area contributed by atoms with Gasteiger partial charge < -0.3 is 10.1 Å². The van der Waals surface area contributed by atoms with Crippen LogP contribution in [0, 0.1) is 11.7 Å². The second kappa shape index (κ2) is 8.79. The van der Waals surface area contributed by atoms with Gasteiger partial charge in [-0.3, -0.25) is 0 Å². The first kappa shape index (κ1) is 19.1. The molecule has 26 heavy (non-hydrogen) atoms. The van der Waals surface area contributed by atoms with Crippen LogP contribution < -0.4 is 5.32 Å². The van der Waals surface area contributed by atoms with Crippen LogP contribution >= 0.6 is 0 Å². The quantitative estimate of drug-likeness (QED) is 0.744. The fraction of sp³-hybridized carbons (Fsp3) is 0.478. The lowest BCUT2D eigenvalue weighted by molar-refractivity contribution is -0.672. The van der Waals surface area contributed by atoms with Crippen molar-refractivity contribution in [1.82, 2.24) is 0 Å². The van der Waals surface area contributed by atoms with Crippen molar-refractivity contribution in [2.45, 2.75) is 51.2 Å². The molecule has 1 aliphatic rings. The van der Waals surface area contributed by atoms with Gasteiger partial charge in [0.2, 0.25) is 0 Å². The molecule has 1 aliphatic heterocycles. The first-order valence-electron chi connectivity index (χ1n) is 9.83. The van der Waals surface area contributed by atoms with Crippen LogP contribution in [0.25, 0.3) is 0 Å². The van der Waals surface area contributed by atoms with Gasteiger partial charge in [-0.2, -0.15) is 0 Å². The van der Waals surface area contributed by atoms with Crippen LogP contribution in [0.5, 0.6) is 0 Å². The molecule has 2 atom stereocenters. The summed E-state index contributed by atoms with van der Waals surface area (Å²) in [6.45, 7) is 7.01. The van der Waals surface area contributed by atoms with Gasteiger partial charge in [0.15, 0.2) is 0 Å². The zero-order valence-corrected chi connectivity index (χ0v) is 16.0. The molecule has 3 rings (SSSR count). The summed E-state index contributed by atoms with van der Waals surface area (Å²) in [6, 6.07) is 18.0. The van der Waals surface area contributed by atoms with Crippen molar-refractivity contribution in [3.63, 3.8) is 0 Å². The van der Waals surface area contributed by atoms with Gasteiger partial charge in [0, 0.05) is 24.0 Å². The van der Waals surface area contributed by atoms with E-state index in [4.69, 9.17) is 4.74 Å². The van der Waals surface area contributed by atoms with Crippen molar-refractivity contribution < 1.29 is 14.4 Å². The summed E-state index contributed by atoms with van der Waals surface area (Å²) in [5.74, 6) is 0.424. The molecule has 2 aromatic rings. The smallest absolute Gasteiger partial charge is 0.132 e. The first-order valence-corrected chi connectivity index (χ1v) is 9.83. The Bertz CT molecular complexity index is 688. The van der Waals surface area contributed by atoms with E-state index in [0.29, 0.717) is 18.6 Å². The zero-order valence-electron chi connectivity index (χ0n) is 16.0. The molecular formula is C23H31FNO+. The number of quaternary nitrogens is 1. The van der Waals surface area contributed by atoms with Gasteiger partial charge >= 0.3 is 0 Å². The number of nitrogens with two attached hydrogens (primary N) is 1. The Morgan fingerprint density at radius 1 is 1.12 bits per heavy atom. The van der Waals surface area contributed by atoms with Crippen molar-refractivity contribution >= 4 is 0 Å². The topological polar surface area (TPSA) is 25.8 Å². The van der Waals surface area contributed by atoms with Crippen LogP contribution in [0.1, 0.15) is 44.2 Å². The van der Waals surface area contributed by atoms with E-state index < -0.39 is 0 Å². The number of benzene rings is 2. The lowest BCUT2D eigenvalue weighted by Gasteiger charge is -2.42. The van der Waals surface area contributed by atoms with Crippen LogP contribution in [-0.2, 0) is 16.7 Å². The summed E-state index contributed by atoms with van der Waals surface area (Å²) in [5, 5.41) is 2.24. The largest absolute Gasteiger partial charge is 0.378 e. The van der Waals surface area contributed by atoms with Crippen LogP contribution in [-0.4, -0.2) is 19.3 Å². The Kier molecular flexibility index (Phi) is 6.44. The number of halogens is 1. The molecule has 0 saturated carbocycles. The summed E-state index contributed by atoms with van der Waals surface area (Å²) >= 11 is 0. The van der Waals surface area contributed by atoms with Gasteiger partial charge in [-0.05, 0) is 30.4 Å². The van der Waals surface area contributed by atoms with Crippen LogP contribution in [0.15, 0.2) is 54.6 Å². The van der Waals surface area contributed by atoms with E-state index in [1.165, 1.54) is 5.56 Å². The van der Waals surface area contributed by atoms with E-state index in [1.807, 2.05) is 12.1 Å². The van der Waals surface area contributed by atoms with Crippen molar-refractivity contribution in [2.75, 3.05) is 13.2 Å². The maximum atomic E-state index is 13.8. The Hall–Kier alpha value is -1.71. The van der Waals surface area contributed by atoms with Gasteiger partial charge in [0.05, 0.1) is 12.6 Å². The summed E-state index contributed by atoms with van der Waals surface area (Å²) in [5.41, 5.74) is 2.38. The normalized spacial score (nSPS) is 23.3. The predicted octanol–water partition coefficient (Wildman–Crippen LogP) is 4.05. The molecule has 2 nitrogen and oxygen atoms in total. The van der Waals surface area contributed by atoms with Gasteiger partial charge in [-0.25, -0.2) is 4.39 Å². The van der Waals surface area contributed by atoms with Crippen LogP contribution in [0.2, 0.25) is 0 Å².